The van der Waals surface area contributed by atoms with Gasteiger partial charge in [-0.25, -0.2) is 17.9 Å². The zero-order valence-electron chi connectivity index (χ0n) is 25.3. The van der Waals surface area contributed by atoms with E-state index in [-0.39, 0.29) is 39.6 Å². The average Bonchev–Trinajstić information content (AvgIpc) is 2.73. The molecular formula is C29H44N4O6S. The number of hydrogen-bond acceptors (Lipinski definition) is 7. The Morgan fingerprint density at radius 1 is 1.00 bits per heavy atom. The summed E-state index contributed by atoms with van der Waals surface area (Å²) in [5, 5.41) is 6.19. The summed E-state index contributed by atoms with van der Waals surface area (Å²) in [6, 6.07) is 4.93. The van der Waals surface area contributed by atoms with Gasteiger partial charge in [-0.05, 0) is 76.3 Å². The summed E-state index contributed by atoms with van der Waals surface area (Å²) in [7, 11) is -4.35. The number of pyridine rings is 1. The van der Waals surface area contributed by atoms with Crippen LogP contribution in [0.25, 0.3) is 10.8 Å². The fraction of sp³-hybridized carbons (Fsp3) is 0.586. The van der Waals surface area contributed by atoms with Gasteiger partial charge in [-0.1, -0.05) is 46.8 Å². The second-order valence-corrected chi connectivity index (χ2v) is 15.1. The zero-order valence-corrected chi connectivity index (χ0v) is 26.1. The molecule has 222 valence electrons. The third-order valence-corrected chi connectivity index (χ3v) is 7.03. The number of hydrogen-bond donors (Lipinski definition) is 3. The molecule has 0 aliphatic heterocycles. The van der Waals surface area contributed by atoms with E-state index < -0.39 is 39.2 Å². The number of alkyl carbamates (subject to hydrolysis) is 1. The van der Waals surface area contributed by atoms with Crippen molar-refractivity contribution in [3.63, 3.8) is 0 Å². The molecule has 0 saturated carbocycles. The number of rotatable bonds is 9. The Morgan fingerprint density at radius 3 is 2.17 bits per heavy atom. The average molecular weight is 577 g/mol. The number of sulfonamides is 1. The van der Waals surface area contributed by atoms with E-state index in [1.54, 1.807) is 26.8 Å². The fourth-order valence-electron chi connectivity index (χ4n) is 4.65. The highest BCUT2D eigenvalue weighted by atomic mass is 32.2. The molecule has 1 aromatic heterocycles. The van der Waals surface area contributed by atoms with Gasteiger partial charge in [0.05, 0.1) is 4.90 Å². The number of carbonyl (C=O) groups excluding carboxylic acids is 3. The van der Waals surface area contributed by atoms with Gasteiger partial charge in [0.25, 0.3) is 21.8 Å². The standard InChI is InChI=1S/C29H44N4O6S/c1-18(2)14-22(31-26(36)39-28(6,7)8)25(35)33-40(37,38)23-13-11-12-19-15-21(30-16-20(19)23)24(34)32-29(9,10)17-27(3,4)5/h11-13,15-16,18,22H,14,17H2,1-10H3,(H,31,36)(H,32,34)(H,33,35)/t22-/m0/s1. The van der Waals surface area contributed by atoms with E-state index >= 15 is 0 Å². The fourth-order valence-corrected chi connectivity index (χ4v) is 5.89. The molecule has 0 fully saturated rings. The molecule has 1 atom stereocenters. The third-order valence-electron chi connectivity index (χ3n) is 5.62. The Balaban J connectivity index is 2.32. The van der Waals surface area contributed by atoms with Crippen LogP contribution in [-0.4, -0.2) is 48.5 Å². The van der Waals surface area contributed by atoms with Crippen molar-refractivity contribution in [1.82, 2.24) is 20.3 Å². The highest BCUT2D eigenvalue weighted by molar-refractivity contribution is 7.90. The molecule has 3 amide bonds. The van der Waals surface area contributed by atoms with E-state index in [1.165, 1.54) is 24.4 Å². The molecule has 0 aliphatic carbocycles. The van der Waals surface area contributed by atoms with Crippen LogP contribution in [0.5, 0.6) is 0 Å². The largest absolute Gasteiger partial charge is 0.444 e. The van der Waals surface area contributed by atoms with E-state index in [2.05, 4.69) is 41.1 Å². The highest BCUT2D eigenvalue weighted by Crippen LogP contribution is 2.28. The van der Waals surface area contributed by atoms with Crippen LogP contribution < -0.4 is 15.4 Å². The lowest BCUT2D eigenvalue weighted by Gasteiger charge is -2.33. The number of aromatic nitrogens is 1. The van der Waals surface area contributed by atoms with Crippen molar-refractivity contribution in [2.45, 2.75) is 104 Å². The van der Waals surface area contributed by atoms with Crippen LogP contribution in [0, 0.1) is 11.3 Å². The summed E-state index contributed by atoms with van der Waals surface area (Å²) in [6.07, 6.45) is 1.42. The first-order chi connectivity index (χ1) is 18.1. The van der Waals surface area contributed by atoms with Gasteiger partial charge in [-0.3, -0.25) is 14.6 Å². The summed E-state index contributed by atoms with van der Waals surface area (Å²) >= 11 is 0. The van der Waals surface area contributed by atoms with E-state index in [0.29, 0.717) is 5.39 Å². The van der Waals surface area contributed by atoms with Crippen molar-refractivity contribution < 1.29 is 27.5 Å². The summed E-state index contributed by atoms with van der Waals surface area (Å²) in [6.45, 7) is 18.9. The SMILES string of the molecule is CC(C)C[C@H](NC(=O)OC(C)(C)C)C(=O)NS(=O)(=O)c1cccc2cc(C(=O)NC(C)(C)CC(C)(C)C)ncc12. The van der Waals surface area contributed by atoms with Gasteiger partial charge in [0, 0.05) is 17.1 Å². The summed E-state index contributed by atoms with van der Waals surface area (Å²) in [4.78, 5) is 42.4. The predicted molar refractivity (Wildman–Crippen MR) is 155 cm³/mol. The number of nitrogens with zero attached hydrogens (tertiary/aromatic N) is 1. The molecular weight excluding hydrogens is 532 g/mol. The molecule has 40 heavy (non-hydrogen) atoms. The second kappa shape index (κ2) is 12.1. The van der Waals surface area contributed by atoms with Crippen LogP contribution in [-0.2, 0) is 19.6 Å². The van der Waals surface area contributed by atoms with Gasteiger partial charge >= 0.3 is 6.09 Å². The van der Waals surface area contributed by atoms with E-state index in [0.717, 1.165) is 6.42 Å². The lowest BCUT2D eigenvalue weighted by Crippen LogP contribution is -2.50. The molecule has 0 aliphatic rings. The molecule has 0 bridgehead atoms. The quantitative estimate of drug-likeness (QED) is 0.384. The van der Waals surface area contributed by atoms with Crippen molar-refractivity contribution in [1.29, 1.82) is 0 Å². The molecule has 1 heterocycles. The Kier molecular flexibility index (Phi) is 10.00. The van der Waals surface area contributed by atoms with Crippen LogP contribution in [0.4, 0.5) is 4.79 Å². The smallest absolute Gasteiger partial charge is 0.408 e. The molecule has 0 spiro atoms. The second-order valence-electron chi connectivity index (χ2n) is 13.4. The first-order valence-electron chi connectivity index (χ1n) is 13.4. The molecule has 2 aromatic rings. The van der Waals surface area contributed by atoms with Gasteiger partial charge in [-0.15, -0.1) is 0 Å². The molecule has 2 rings (SSSR count). The van der Waals surface area contributed by atoms with E-state index in [1.807, 2.05) is 27.7 Å². The lowest BCUT2D eigenvalue weighted by atomic mass is 9.82. The minimum Gasteiger partial charge on any atom is -0.444 e. The number of nitrogens with one attached hydrogen (secondary N) is 3. The van der Waals surface area contributed by atoms with Gasteiger partial charge in [0.15, 0.2) is 0 Å². The monoisotopic (exact) mass is 576 g/mol. The third kappa shape index (κ3) is 10.1. The summed E-state index contributed by atoms with van der Waals surface area (Å²) < 4.78 is 34.0. The van der Waals surface area contributed by atoms with Crippen molar-refractivity contribution in [3.8, 4) is 0 Å². The van der Waals surface area contributed by atoms with Crippen molar-refractivity contribution in [2.24, 2.45) is 11.3 Å². The normalized spacial score (nSPS) is 13.6. The minimum absolute atomic E-state index is 0.00209. The van der Waals surface area contributed by atoms with Gasteiger partial charge < -0.3 is 15.4 Å². The van der Waals surface area contributed by atoms with Crippen LogP contribution >= 0.6 is 0 Å². The molecule has 1 aromatic carbocycles. The first-order valence-corrected chi connectivity index (χ1v) is 14.8. The molecule has 10 nitrogen and oxygen atoms in total. The topological polar surface area (TPSA) is 144 Å². The first kappa shape index (κ1) is 33.0. The minimum atomic E-state index is -4.35. The Hall–Kier alpha value is -3.21. The maximum absolute atomic E-state index is 13.3. The van der Waals surface area contributed by atoms with Gasteiger partial charge in [-0.2, -0.15) is 0 Å². The van der Waals surface area contributed by atoms with Crippen LogP contribution in [0.2, 0.25) is 0 Å². The number of fused-ring (bicyclic) bond motifs is 1. The highest BCUT2D eigenvalue weighted by Gasteiger charge is 2.30. The molecule has 0 radical (unpaired) electrons. The van der Waals surface area contributed by atoms with Gasteiger partial charge in [0.2, 0.25) is 0 Å². The summed E-state index contributed by atoms with van der Waals surface area (Å²) in [5.41, 5.74) is -1.13. The zero-order chi connectivity index (χ0) is 30.7. The maximum atomic E-state index is 13.3. The van der Waals surface area contributed by atoms with Crippen LogP contribution in [0.1, 0.15) is 92.6 Å². The Bertz CT molecular complexity index is 1350. The van der Waals surface area contributed by atoms with E-state index in [4.69, 9.17) is 4.74 Å². The number of ether oxygens (including phenoxy) is 1. The Morgan fingerprint density at radius 2 is 1.62 bits per heavy atom. The molecule has 0 unspecified atom stereocenters. The van der Waals surface area contributed by atoms with Crippen molar-refractivity contribution >= 4 is 38.7 Å². The maximum Gasteiger partial charge on any atom is 0.408 e. The Labute approximate surface area is 238 Å². The van der Waals surface area contributed by atoms with Crippen molar-refractivity contribution in [2.75, 3.05) is 0 Å². The van der Waals surface area contributed by atoms with E-state index in [9.17, 15) is 22.8 Å². The van der Waals surface area contributed by atoms with Crippen molar-refractivity contribution in [3.05, 3.63) is 36.2 Å². The molecule has 0 saturated heterocycles. The molecule has 3 N–H and O–H groups in total. The predicted octanol–water partition coefficient (Wildman–Crippen LogP) is 4.92. The lowest BCUT2D eigenvalue weighted by molar-refractivity contribution is -0.121. The van der Waals surface area contributed by atoms with Crippen LogP contribution in [0.3, 0.4) is 0 Å². The van der Waals surface area contributed by atoms with Crippen LogP contribution in [0.15, 0.2) is 35.4 Å². The molecule has 11 heteroatoms. The number of carbonyl (C=O) groups is 3. The van der Waals surface area contributed by atoms with Gasteiger partial charge in [0.1, 0.15) is 17.3 Å². The summed E-state index contributed by atoms with van der Waals surface area (Å²) in [5.74, 6) is -1.28. The number of amides is 3. The number of benzene rings is 1.